The van der Waals surface area contributed by atoms with Crippen LogP contribution in [-0.2, 0) is 24.2 Å². The van der Waals surface area contributed by atoms with Crippen molar-refractivity contribution in [3.63, 3.8) is 0 Å². The van der Waals surface area contributed by atoms with Gasteiger partial charge in [-0.1, -0.05) is 28.9 Å². The highest BCUT2D eigenvalue weighted by atomic mass is 35.5. The number of rotatable bonds is 4. The molecule has 0 amide bonds. The number of benzene rings is 1. The van der Waals surface area contributed by atoms with E-state index in [1.807, 2.05) is 24.3 Å². The lowest BCUT2D eigenvalue weighted by Crippen LogP contribution is -2.34. The lowest BCUT2D eigenvalue weighted by atomic mass is 10.0. The highest BCUT2D eigenvalue weighted by molar-refractivity contribution is 6.30. The zero-order valence-corrected chi connectivity index (χ0v) is 17.7. The van der Waals surface area contributed by atoms with E-state index in [1.54, 1.807) is 6.20 Å². The minimum Gasteiger partial charge on any atom is -0.373 e. The fraction of sp³-hybridized carbons (Fsp3) is 0.400. The number of hydrogen-bond acceptors (Lipinski definition) is 7. The number of fused-ring (bicyclic) bond motifs is 1. The molecule has 158 valence electrons. The molecular weight excluding hydrogens is 429 g/mol. The molecule has 2 aliphatic heterocycles. The summed E-state index contributed by atoms with van der Waals surface area (Å²) >= 11 is 5.96. The smallest absolute Gasteiger partial charge is 0.270 e. The Hall–Kier alpha value is -2.26. The minimum atomic E-state index is -0.0873. The van der Waals surface area contributed by atoms with E-state index in [0.29, 0.717) is 36.3 Å². The second kappa shape index (κ2) is 8.85. The third kappa shape index (κ3) is 4.13. The summed E-state index contributed by atoms with van der Waals surface area (Å²) in [5.41, 5.74) is 2.77. The SMILES string of the molecule is Cl.O=c1c2c(cnn1Cc1nc([C@@H]3CO[C@@H](c4ccc(Cl)cc4)C3)no1)CNCC2. The van der Waals surface area contributed by atoms with Gasteiger partial charge >= 0.3 is 0 Å². The van der Waals surface area contributed by atoms with Gasteiger partial charge in [0.05, 0.1) is 18.9 Å². The molecule has 0 aliphatic carbocycles. The van der Waals surface area contributed by atoms with Crippen LogP contribution in [0.2, 0.25) is 5.02 Å². The molecule has 4 heterocycles. The number of nitrogens with one attached hydrogen (secondary N) is 1. The lowest BCUT2D eigenvalue weighted by Gasteiger charge is -2.16. The van der Waals surface area contributed by atoms with E-state index in [0.717, 1.165) is 29.7 Å². The van der Waals surface area contributed by atoms with Crippen molar-refractivity contribution in [1.82, 2.24) is 25.2 Å². The van der Waals surface area contributed by atoms with Crippen LogP contribution < -0.4 is 10.9 Å². The van der Waals surface area contributed by atoms with E-state index in [-0.39, 0.29) is 36.5 Å². The van der Waals surface area contributed by atoms with Gasteiger partial charge in [0.1, 0.15) is 6.54 Å². The van der Waals surface area contributed by atoms with Gasteiger partial charge in [-0.25, -0.2) is 4.68 Å². The lowest BCUT2D eigenvalue weighted by molar-refractivity contribution is 0.110. The Morgan fingerprint density at radius 3 is 2.93 bits per heavy atom. The first-order valence-electron chi connectivity index (χ1n) is 9.65. The monoisotopic (exact) mass is 449 g/mol. The largest absolute Gasteiger partial charge is 0.373 e. The summed E-state index contributed by atoms with van der Waals surface area (Å²) in [7, 11) is 0. The molecule has 1 fully saturated rings. The Bertz CT molecular complexity index is 1080. The van der Waals surface area contributed by atoms with E-state index >= 15 is 0 Å². The fourth-order valence-electron chi connectivity index (χ4n) is 3.87. The van der Waals surface area contributed by atoms with Gasteiger partial charge in [-0.15, -0.1) is 12.4 Å². The number of hydrogen-bond donors (Lipinski definition) is 1. The van der Waals surface area contributed by atoms with Crippen LogP contribution in [0.15, 0.2) is 39.8 Å². The summed E-state index contributed by atoms with van der Waals surface area (Å²) in [5, 5.41) is 12.3. The van der Waals surface area contributed by atoms with E-state index < -0.39 is 0 Å². The standard InChI is InChI=1S/C20H20ClN5O3.ClH/c21-15-3-1-12(2-4-15)17-7-13(11-28-17)19-24-18(29-25-19)10-26-20(27)16-5-6-22-8-14(16)9-23-26;/h1-4,9,13,17,22H,5-8,10-11H2;1H/t13-,17+;/m0./s1. The Balaban J connectivity index is 0.00000218. The molecule has 2 aliphatic rings. The average Bonchev–Trinajstić information content (AvgIpc) is 3.41. The maximum absolute atomic E-state index is 12.7. The predicted molar refractivity (Wildman–Crippen MR) is 112 cm³/mol. The topological polar surface area (TPSA) is 95.1 Å². The molecule has 8 nitrogen and oxygen atoms in total. The number of ether oxygens (including phenoxy) is 1. The van der Waals surface area contributed by atoms with Gasteiger partial charge in [0.2, 0.25) is 5.89 Å². The Kier molecular flexibility index (Phi) is 6.19. The maximum atomic E-state index is 12.7. The molecule has 30 heavy (non-hydrogen) atoms. The summed E-state index contributed by atoms with van der Waals surface area (Å²) in [5.74, 6) is 1.03. The number of halogens is 2. The zero-order valence-electron chi connectivity index (χ0n) is 16.1. The second-order valence-corrected chi connectivity index (χ2v) is 7.83. The molecule has 0 bridgehead atoms. The van der Waals surface area contributed by atoms with E-state index in [2.05, 4.69) is 20.6 Å². The highest BCUT2D eigenvalue weighted by Crippen LogP contribution is 2.37. The molecule has 0 saturated carbocycles. The Morgan fingerprint density at radius 2 is 2.10 bits per heavy atom. The van der Waals surface area contributed by atoms with Gasteiger partial charge in [0, 0.05) is 23.0 Å². The van der Waals surface area contributed by atoms with Crippen LogP contribution >= 0.6 is 24.0 Å². The molecule has 0 spiro atoms. The van der Waals surface area contributed by atoms with Crippen molar-refractivity contribution in [2.75, 3.05) is 13.2 Å². The Labute approximate surface area is 184 Å². The molecule has 1 aromatic carbocycles. The van der Waals surface area contributed by atoms with Crippen LogP contribution in [0, 0.1) is 0 Å². The van der Waals surface area contributed by atoms with E-state index in [9.17, 15) is 4.79 Å². The molecule has 10 heteroatoms. The van der Waals surface area contributed by atoms with Crippen molar-refractivity contribution < 1.29 is 9.26 Å². The molecule has 5 rings (SSSR count). The molecular formula is C20H21Cl2N5O3. The summed E-state index contributed by atoms with van der Waals surface area (Å²) in [6.07, 6.45) is 3.20. The number of aromatic nitrogens is 4. The van der Waals surface area contributed by atoms with Gasteiger partial charge in [-0.3, -0.25) is 4.79 Å². The highest BCUT2D eigenvalue weighted by Gasteiger charge is 2.31. The van der Waals surface area contributed by atoms with Crippen molar-refractivity contribution in [3.05, 3.63) is 74.2 Å². The summed E-state index contributed by atoms with van der Waals surface area (Å²) in [4.78, 5) is 17.2. The van der Waals surface area contributed by atoms with Gasteiger partial charge < -0.3 is 14.6 Å². The van der Waals surface area contributed by atoms with Gasteiger partial charge in [-0.2, -0.15) is 10.1 Å². The fourth-order valence-corrected chi connectivity index (χ4v) is 4.00. The second-order valence-electron chi connectivity index (χ2n) is 7.39. The van der Waals surface area contributed by atoms with Crippen LogP contribution in [0.25, 0.3) is 0 Å². The Morgan fingerprint density at radius 1 is 1.27 bits per heavy atom. The molecule has 2 atom stereocenters. The summed E-state index contributed by atoms with van der Waals surface area (Å²) < 4.78 is 12.7. The molecule has 1 N–H and O–H groups in total. The molecule has 1 saturated heterocycles. The van der Waals surface area contributed by atoms with Crippen molar-refractivity contribution >= 4 is 24.0 Å². The predicted octanol–water partition coefficient (Wildman–Crippen LogP) is 2.64. The zero-order chi connectivity index (χ0) is 19.8. The van der Waals surface area contributed by atoms with Gasteiger partial charge in [0.15, 0.2) is 5.82 Å². The van der Waals surface area contributed by atoms with Crippen LogP contribution in [0.3, 0.4) is 0 Å². The molecule has 0 unspecified atom stereocenters. The maximum Gasteiger partial charge on any atom is 0.270 e. The quantitative estimate of drug-likeness (QED) is 0.653. The molecule has 0 radical (unpaired) electrons. The average molecular weight is 450 g/mol. The van der Waals surface area contributed by atoms with Crippen molar-refractivity contribution in [2.45, 2.75) is 38.0 Å². The first-order chi connectivity index (χ1) is 14.2. The molecule has 2 aromatic heterocycles. The van der Waals surface area contributed by atoms with E-state index in [4.69, 9.17) is 20.9 Å². The van der Waals surface area contributed by atoms with Gasteiger partial charge in [0.25, 0.3) is 5.56 Å². The summed E-state index contributed by atoms with van der Waals surface area (Å²) in [6.45, 7) is 2.17. The van der Waals surface area contributed by atoms with Crippen molar-refractivity contribution in [3.8, 4) is 0 Å². The van der Waals surface area contributed by atoms with Crippen molar-refractivity contribution in [1.29, 1.82) is 0 Å². The first kappa shape index (κ1) is 21.0. The molecule has 3 aromatic rings. The number of nitrogens with zero attached hydrogens (tertiary/aromatic N) is 4. The van der Waals surface area contributed by atoms with Gasteiger partial charge in [-0.05, 0) is 42.6 Å². The van der Waals surface area contributed by atoms with Crippen LogP contribution in [0.4, 0.5) is 0 Å². The van der Waals surface area contributed by atoms with Crippen LogP contribution in [0.1, 0.15) is 46.8 Å². The first-order valence-corrected chi connectivity index (χ1v) is 10.0. The van der Waals surface area contributed by atoms with Crippen LogP contribution in [0.5, 0.6) is 0 Å². The van der Waals surface area contributed by atoms with E-state index in [1.165, 1.54) is 4.68 Å². The normalized spacial score (nSPS) is 20.6. The van der Waals surface area contributed by atoms with Crippen LogP contribution in [-0.4, -0.2) is 33.1 Å². The van der Waals surface area contributed by atoms with Crippen molar-refractivity contribution in [2.24, 2.45) is 0 Å². The third-order valence-corrected chi connectivity index (χ3v) is 5.73. The summed E-state index contributed by atoms with van der Waals surface area (Å²) in [6, 6.07) is 7.67. The third-order valence-electron chi connectivity index (χ3n) is 5.47. The minimum absolute atomic E-state index is 0.